The Hall–Kier alpha value is -4.79. The molecule has 9 nitrogen and oxygen atoms in total. The number of carbonyl (C=O) groups is 2. The Bertz CT molecular complexity index is 1750. The standard InChI is InChI=1S/C26H19N5O4/c1-29-20-13-16(10-9-15(20)14-27-29)31-22(28-19-7-3-2-5-17(19)25(31)34)11-12-30-24(33)18-6-4-8-21(32)23(18)26(30)35/h2-10,13-14,32H,11-12H2,1H3. The van der Waals surface area contributed by atoms with Crippen molar-refractivity contribution in [1.29, 1.82) is 0 Å². The van der Waals surface area contributed by atoms with Crippen LogP contribution in [0.1, 0.15) is 26.5 Å². The molecule has 1 N–H and O–H groups in total. The van der Waals surface area contributed by atoms with Gasteiger partial charge in [-0.3, -0.25) is 28.5 Å². The molecule has 9 heteroatoms. The zero-order valence-electron chi connectivity index (χ0n) is 18.7. The van der Waals surface area contributed by atoms with Gasteiger partial charge in [-0.1, -0.05) is 18.2 Å². The van der Waals surface area contributed by atoms with Gasteiger partial charge in [-0.2, -0.15) is 5.10 Å². The Kier molecular flexibility index (Phi) is 4.53. The van der Waals surface area contributed by atoms with Gasteiger partial charge < -0.3 is 5.11 Å². The highest BCUT2D eigenvalue weighted by Gasteiger charge is 2.37. The minimum absolute atomic E-state index is 0.00280. The summed E-state index contributed by atoms with van der Waals surface area (Å²) in [5.74, 6) is -0.856. The molecule has 0 spiro atoms. The third kappa shape index (κ3) is 3.12. The van der Waals surface area contributed by atoms with Crippen molar-refractivity contribution in [3.05, 3.63) is 94.2 Å². The molecule has 0 fully saturated rings. The van der Waals surface area contributed by atoms with Crippen molar-refractivity contribution in [2.75, 3.05) is 6.54 Å². The van der Waals surface area contributed by atoms with E-state index < -0.39 is 11.8 Å². The summed E-state index contributed by atoms with van der Waals surface area (Å²) in [5.41, 5.74) is 1.92. The van der Waals surface area contributed by atoms with E-state index in [0.29, 0.717) is 22.4 Å². The summed E-state index contributed by atoms with van der Waals surface area (Å²) < 4.78 is 3.24. The molecule has 0 radical (unpaired) electrons. The minimum Gasteiger partial charge on any atom is -0.507 e. The highest BCUT2D eigenvalue weighted by molar-refractivity contribution is 6.22. The first-order chi connectivity index (χ1) is 16.9. The van der Waals surface area contributed by atoms with Crippen molar-refractivity contribution in [2.24, 2.45) is 7.05 Å². The van der Waals surface area contributed by atoms with Crippen LogP contribution in [-0.4, -0.2) is 47.7 Å². The van der Waals surface area contributed by atoms with Crippen LogP contribution < -0.4 is 5.56 Å². The molecule has 3 heterocycles. The van der Waals surface area contributed by atoms with Crippen molar-refractivity contribution in [3.63, 3.8) is 0 Å². The number of carbonyl (C=O) groups excluding carboxylic acids is 2. The summed E-state index contributed by atoms with van der Waals surface area (Å²) in [6, 6.07) is 17.1. The van der Waals surface area contributed by atoms with E-state index in [1.165, 1.54) is 22.8 Å². The number of aromatic nitrogens is 4. The lowest BCUT2D eigenvalue weighted by Gasteiger charge is -2.17. The maximum Gasteiger partial charge on any atom is 0.265 e. The molecule has 1 aliphatic rings. The second kappa shape index (κ2) is 7.63. The predicted molar refractivity (Wildman–Crippen MR) is 129 cm³/mol. The summed E-state index contributed by atoms with van der Waals surface area (Å²) in [6.07, 6.45) is 1.90. The van der Waals surface area contributed by atoms with Crippen molar-refractivity contribution in [2.45, 2.75) is 6.42 Å². The van der Waals surface area contributed by atoms with Crippen molar-refractivity contribution < 1.29 is 14.7 Å². The van der Waals surface area contributed by atoms with Gasteiger partial charge in [0.25, 0.3) is 17.4 Å². The molecule has 1 aliphatic heterocycles. The number of hydrogen-bond acceptors (Lipinski definition) is 6. The Labute approximate surface area is 198 Å². The monoisotopic (exact) mass is 465 g/mol. The second-order valence-corrected chi connectivity index (χ2v) is 8.41. The largest absolute Gasteiger partial charge is 0.507 e. The molecule has 2 amide bonds. The van der Waals surface area contributed by atoms with Crippen molar-refractivity contribution in [1.82, 2.24) is 24.2 Å². The van der Waals surface area contributed by atoms with Crippen LogP contribution in [0.3, 0.4) is 0 Å². The number of imide groups is 1. The van der Waals surface area contributed by atoms with E-state index in [0.717, 1.165) is 15.8 Å². The minimum atomic E-state index is -0.561. The SMILES string of the molecule is Cn1ncc2ccc(-n3c(CCN4C(=O)c5cccc(O)c5C4=O)nc4ccccc4c3=O)cc21. The summed E-state index contributed by atoms with van der Waals surface area (Å²) in [6.45, 7) is 0.00449. The molecular formula is C26H19N5O4. The summed E-state index contributed by atoms with van der Waals surface area (Å²) in [7, 11) is 1.83. The molecule has 5 aromatic rings. The molecule has 0 aliphatic carbocycles. The summed E-state index contributed by atoms with van der Waals surface area (Å²) >= 11 is 0. The van der Waals surface area contributed by atoms with E-state index in [2.05, 4.69) is 5.10 Å². The van der Waals surface area contributed by atoms with Crippen LogP contribution in [-0.2, 0) is 13.5 Å². The molecule has 3 aromatic carbocycles. The Morgan fingerprint density at radius 1 is 0.943 bits per heavy atom. The van der Waals surface area contributed by atoms with Gasteiger partial charge in [-0.05, 0) is 42.5 Å². The van der Waals surface area contributed by atoms with E-state index in [4.69, 9.17) is 4.98 Å². The number of aryl methyl sites for hydroxylation is 1. The van der Waals surface area contributed by atoms with Gasteiger partial charge in [0, 0.05) is 25.4 Å². The zero-order chi connectivity index (χ0) is 24.3. The number of phenolic OH excluding ortho intramolecular Hbond substituents is 1. The van der Waals surface area contributed by atoms with Crippen LogP contribution >= 0.6 is 0 Å². The van der Waals surface area contributed by atoms with Crippen LogP contribution in [0.15, 0.2) is 71.7 Å². The van der Waals surface area contributed by atoms with E-state index in [9.17, 15) is 19.5 Å². The fourth-order valence-corrected chi connectivity index (χ4v) is 4.61. The topological polar surface area (TPSA) is 110 Å². The van der Waals surface area contributed by atoms with Crippen molar-refractivity contribution >= 4 is 33.6 Å². The van der Waals surface area contributed by atoms with E-state index in [-0.39, 0.29) is 35.4 Å². The van der Waals surface area contributed by atoms with Crippen LogP contribution in [0, 0.1) is 0 Å². The van der Waals surface area contributed by atoms with Crippen molar-refractivity contribution in [3.8, 4) is 11.4 Å². The average molecular weight is 465 g/mol. The normalized spacial score (nSPS) is 13.2. The summed E-state index contributed by atoms with van der Waals surface area (Å²) in [5, 5.41) is 15.8. The van der Waals surface area contributed by atoms with Crippen LogP contribution in [0.25, 0.3) is 27.5 Å². The molecule has 0 atom stereocenters. The molecular weight excluding hydrogens is 446 g/mol. The Morgan fingerprint density at radius 2 is 1.77 bits per heavy atom. The van der Waals surface area contributed by atoms with Gasteiger partial charge in [0.15, 0.2) is 0 Å². The van der Waals surface area contributed by atoms with Gasteiger partial charge in [-0.15, -0.1) is 0 Å². The third-order valence-electron chi connectivity index (χ3n) is 6.37. The number of para-hydroxylation sites is 1. The molecule has 0 saturated carbocycles. The molecule has 0 saturated heterocycles. The molecule has 2 aromatic heterocycles. The first-order valence-corrected chi connectivity index (χ1v) is 11.0. The highest BCUT2D eigenvalue weighted by atomic mass is 16.3. The van der Waals surface area contributed by atoms with Crippen LogP contribution in [0.2, 0.25) is 0 Å². The lowest BCUT2D eigenvalue weighted by Crippen LogP contribution is -2.33. The maximum atomic E-state index is 13.6. The lowest BCUT2D eigenvalue weighted by molar-refractivity contribution is 0.0654. The van der Waals surface area contributed by atoms with Gasteiger partial charge in [0.2, 0.25) is 0 Å². The Balaban J connectivity index is 1.45. The molecule has 172 valence electrons. The smallest absolute Gasteiger partial charge is 0.265 e. The average Bonchev–Trinajstić information content (AvgIpc) is 3.35. The second-order valence-electron chi connectivity index (χ2n) is 8.41. The lowest BCUT2D eigenvalue weighted by atomic mass is 10.1. The van der Waals surface area contributed by atoms with Gasteiger partial charge in [-0.25, -0.2) is 4.98 Å². The van der Waals surface area contributed by atoms with Crippen LogP contribution in [0.4, 0.5) is 0 Å². The predicted octanol–water partition coefficient (Wildman–Crippen LogP) is 2.82. The number of rotatable bonds is 4. The fourth-order valence-electron chi connectivity index (χ4n) is 4.61. The first kappa shape index (κ1) is 20.8. The highest BCUT2D eigenvalue weighted by Crippen LogP contribution is 2.30. The van der Waals surface area contributed by atoms with Gasteiger partial charge in [0.05, 0.1) is 39.4 Å². The number of aromatic hydroxyl groups is 1. The number of benzene rings is 3. The first-order valence-electron chi connectivity index (χ1n) is 11.0. The van der Waals surface area contributed by atoms with E-state index in [1.807, 2.05) is 25.2 Å². The number of hydrogen-bond donors (Lipinski definition) is 1. The van der Waals surface area contributed by atoms with E-state index >= 15 is 0 Å². The molecule has 6 rings (SSSR count). The fraction of sp³-hybridized carbons (Fsp3) is 0.115. The Morgan fingerprint density at radius 3 is 2.60 bits per heavy atom. The quantitative estimate of drug-likeness (QED) is 0.409. The number of nitrogens with zero attached hydrogens (tertiary/aromatic N) is 5. The van der Waals surface area contributed by atoms with Gasteiger partial charge in [0.1, 0.15) is 11.6 Å². The number of amides is 2. The number of phenols is 1. The van der Waals surface area contributed by atoms with E-state index in [1.54, 1.807) is 35.1 Å². The third-order valence-corrected chi connectivity index (χ3v) is 6.37. The maximum absolute atomic E-state index is 13.6. The molecule has 0 unspecified atom stereocenters. The summed E-state index contributed by atoms with van der Waals surface area (Å²) in [4.78, 5) is 45.1. The molecule has 0 bridgehead atoms. The molecule has 35 heavy (non-hydrogen) atoms. The van der Waals surface area contributed by atoms with Crippen LogP contribution in [0.5, 0.6) is 5.75 Å². The number of fused-ring (bicyclic) bond motifs is 3. The zero-order valence-corrected chi connectivity index (χ0v) is 18.7. The van der Waals surface area contributed by atoms with Gasteiger partial charge >= 0.3 is 0 Å².